The molecule has 9 heteroatoms. The first-order valence-electron chi connectivity index (χ1n) is 10.2. The third-order valence-corrected chi connectivity index (χ3v) is 9.44. The van der Waals surface area contributed by atoms with Crippen molar-refractivity contribution in [1.29, 1.82) is 0 Å². The summed E-state index contributed by atoms with van der Waals surface area (Å²) in [6, 6.07) is 2.07. The molecule has 3 heterocycles. The number of carbonyl (C=O) groups excluding carboxylic acids is 1. The molecule has 2 saturated heterocycles. The van der Waals surface area contributed by atoms with Crippen molar-refractivity contribution in [2.75, 3.05) is 59.4 Å². The van der Waals surface area contributed by atoms with Gasteiger partial charge in [-0.05, 0) is 43.9 Å². The Balaban J connectivity index is 1.37. The van der Waals surface area contributed by atoms with E-state index in [2.05, 4.69) is 17.9 Å². The van der Waals surface area contributed by atoms with Crippen LogP contribution in [0.2, 0.25) is 0 Å². The minimum Gasteiger partial charge on any atom is -0.335 e. The number of thiophene rings is 1. The van der Waals surface area contributed by atoms with Crippen molar-refractivity contribution >= 4 is 27.5 Å². The summed E-state index contributed by atoms with van der Waals surface area (Å²) in [6.45, 7) is 6.55. The highest BCUT2D eigenvalue weighted by Crippen LogP contribution is 2.33. The van der Waals surface area contributed by atoms with Gasteiger partial charge in [0.2, 0.25) is 0 Å². The van der Waals surface area contributed by atoms with E-state index in [1.54, 1.807) is 19.9 Å². The number of aryl methyl sites for hydroxylation is 1. The fraction of sp³-hybridized carbons (Fsp3) is 0.737. The van der Waals surface area contributed by atoms with Crippen LogP contribution < -0.4 is 0 Å². The minimum atomic E-state index is -3.43. The second-order valence-corrected chi connectivity index (χ2v) is 11.4. The van der Waals surface area contributed by atoms with Gasteiger partial charge in [-0.15, -0.1) is 11.3 Å². The highest BCUT2D eigenvalue weighted by Gasteiger charge is 2.35. The van der Waals surface area contributed by atoms with Gasteiger partial charge in [0.05, 0.1) is 4.88 Å². The van der Waals surface area contributed by atoms with E-state index in [1.165, 1.54) is 16.9 Å². The lowest BCUT2D eigenvalue weighted by Gasteiger charge is -2.39. The van der Waals surface area contributed by atoms with E-state index in [4.69, 9.17) is 0 Å². The number of amides is 1. The van der Waals surface area contributed by atoms with Crippen molar-refractivity contribution in [2.24, 2.45) is 5.92 Å². The number of nitrogens with zero attached hydrogens (tertiary/aromatic N) is 4. The predicted molar refractivity (Wildman–Crippen MR) is 111 cm³/mol. The van der Waals surface area contributed by atoms with Crippen LogP contribution in [0, 0.1) is 5.92 Å². The zero-order chi connectivity index (χ0) is 19.9. The maximum absolute atomic E-state index is 12.9. The first kappa shape index (κ1) is 20.3. The normalized spacial score (nSPS) is 25.6. The van der Waals surface area contributed by atoms with Gasteiger partial charge in [-0.25, -0.2) is 0 Å². The summed E-state index contributed by atoms with van der Waals surface area (Å²) in [5, 5.41) is 0. The summed E-state index contributed by atoms with van der Waals surface area (Å²) in [7, 11) is -1.41. The van der Waals surface area contributed by atoms with Crippen molar-refractivity contribution in [2.45, 2.75) is 26.2 Å². The average Bonchev–Trinajstić information content (AvgIpc) is 3.11. The van der Waals surface area contributed by atoms with Crippen LogP contribution >= 0.6 is 11.3 Å². The lowest BCUT2D eigenvalue weighted by molar-refractivity contribution is 0.0697. The topological polar surface area (TPSA) is 64.2 Å². The second-order valence-electron chi connectivity index (χ2n) is 8.31. The Hall–Kier alpha value is -1.00. The molecule has 0 aromatic carbocycles. The van der Waals surface area contributed by atoms with Crippen LogP contribution in [0.5, 0.6) is 0 Å². The largest absolute Gasteiger partial charge is 0.335 e. The molecule has 0 radical (unpaired) electrons. The minimum absolute atomic E-state index is 0.0590. The summed E-state index contributed by atoms with van der Waals surface area (Å²) >= 11 is 1.63. The van der Waals surface area contributed by atoms with Crippen molar-refractivity contribution < 1.29 is 13.2 Å². The van der Waals surface area contributed by atoms with Gasteiger partial charge in [0.25, 0.3) is 16.1 Å². The van der Waals surface area contributed by atoms with Crippen molar-refractivity contribution in [1.82, 2.24) is 18.4 Å². The number of hydrogen-bond acceptors (Lipinski definition) is 5. The summed E-state index contributed by atoms with van der Waals surface area (Å²) in [6.07, 6.45) is 3.34. The Morgan fingerprint density at radius 3 is 2.29 bits per heavy atom. The molecule has 2 aliphatic heterocycles. The monoisotopic (exact) mass is 426 g/mol. The summed E-state index contributed by atoms with van der Waals surface area (Å²) in [5.41, 5.74) is 1.34. The molecule has 156 valence electrons. The molecule has 4 rings (SSSR count). The standard InChI is InChI=1S/C19H30N4O3S2/c1-15-3-4-17-16(13-15)14-18(27-17)19(24)21-7-11-23(12-8-21)28(25,26)22-9-5-20(2)6-10-22/h14-15H,3-13H2,1-2H3. The van der Waals surface area contributed by atoms with Gasteiger partial charge in [0.1, 0.15) is 0 Å². The zero-order valence-electron chi connectivity index (χ0n) is 16.8. The van der Waals surface area contributed by atoms with E-state index in [9.17, 15) is 13.2 Å². The molecule has 0 N–H and O–H groups in total. The fourth-order valence-electron chi connectivity index (χ4n) is 4.27. The van der Waals surface area contributed by atoms with E-state index >= 15 is 0 Å². The van der Waals surface area contributed by atoms with Gasteiger partial charge in [-0.3, -0.25) is 4.79 Å². The third-order valence-electron chi connectivity index (χ3n) is 6.18. The molecule has 7 nitrogen and oxygen atoms in total. The molecule has 1 amide bonds. The molecule has 3 aliphatic rings. The molecule has 0 spiro atoms. The Morgan fingerprint density at radius 2 is 1.64 bits per heavy atom. The molecule has 1 aliphatic carbocycles. The van der Waals surface area contributed by atoms with E-state index in [-0.39, 0.29) is 5.91 Å². The number of rotatable bonds is 3. The van der Waals surface area contributed by atoms with Crippen LogP contribution in [0.25, 0.3) is 0 Å². The SMILES string of the molecule is CC1CCc2sc(C(=O)N3CCN(S(=O)(=O)N4CCN(C)CC4)CC3)cc2C1. The molecule has 1 unspecified atom stereocenters. The Labute approximate surface area is 172 Å². The molecule has 1 atom stereocenters. The molecule has 2 fully saturated rings. The maximum Gasteiger partial charge on any atom is 0.282 e. The summed E-state index contributed by atoms with van der Waals surface area (Å²) in [5.74, 6) is 0.747. The maximum atomic E-state index is 12.9. The van der Waals surface area contributed by atoms with Crippen LogP contribution in [-0.2, 0) is 23.1 Å². The van der Waals surface area contributed by atoms with Crippen molar-refractivity contribution in [3.8, 4) is 0 Å². The number of fused-ring (bicyclic) bond motifs is 1. The van der Waals surface area contributed by atoms with Crippen LogP contribution in [0.15, 0.2) is 6.07 Å². The molecule has 1 aromatic rings. The number of hydrogen-bond donors (Lipinski definition) is 0. The van der Waals surface area contributed by atoms with Crippen LogP contribution in [0.1, 0.15) is 33.5 Å². The van der Waals surface area contributed by atoms with E-state index < -0.39 is 10.2 Å². The summed E-state index contributed by atoms with van der Waals surface area (Å²) in [4.78, 5) is 19.1. The highest BCUT2D eigenvalue weighted by molar-refractivity contribution is 7.86. The molecule has 0 saturated carbocycles. The van der Waals surface area contributed by atoms with Gasteiger partial charge >= 0.3 is 0 Å². The number of likely N-dealkylation sites (N-methyl/N-ethyl adjacent to an activating group) is 1. The first-order valence-corrected chi connectivity index (χ1v) is 12.4. The molecular weight excluding hydrogens is 396 g/mol. The van der Waals surface area contributed by atoms with Gasteiger partial charge in [0.15, 0.2) is 0 Å². The fourth-order valence-corrected chi connectivity index (χ4v) is 7.02. The second kappa shape index (κ2) is 8.02. The number of piperazine rings is 2. The summed E-state index contributed by atoms with van der Waals surface area (Å²) < 4.78 is 28.9. The van der Waals surface area contributed by atoms with Gasteiger partial charge in [-0.2, -0.15) is 17.0 Å². The highest BCUT2D eigenvalue weighted by atomic mass is 32.2. The third kappa shape index (κ3) is 4.00. The van der Waals surface area contributed by atoms with Gasteiger partial charge < -0.3 is 9.80 Å². The molecule has 28 heavy (non-hydrogen) atoms. The van der Waals surface area contributed by atoms with Crippen LogP contribution in [-0.4, -0.2) is 92.1 Å². The first-order chi connectivity index (χ1) is 13.3. The van der Waals surface area contributed by atoms with Crippen molar-refractivity contribution in [3.63, 3.8) is 0 Å². The van der Waals surface area contributed by atoms with E-state index in [0.29, 0.717) is 45.2 Å². The van der Waals surface area contributed by atoms with Crippen molar-refractivity contribution in [3.05, 3.63) is 21.4 Å². The zero-order valence-corrected chi connectivity index (χ0v) is 18.4. The van der Waals surface area contributed by atoms with Gasteiger partial charge in [-0.1, -0.05) is 6.92 Å². The smallest absolute Gasteiger partial charge is 0.282 e. The molecular formula is C19H30N4O3S2. The Morgan fingerprint density at radius 1 is 1.04 bits per heavy atom. The average molecular weight is 427 g/mol. The molecule has 0 bridgehead atoms. The van der Waals surface area contributed by atoms with E-state index in [1.807, 2.05) is 11.9 Å². The Kier molecular flexibility index (Phi) is 5.81. The predicted octanol–water partition coefficient (Wildman–Crippen LogP) is 1.12. The van der Waals surface area contributed by atoms with Gasteiger partial charge in [0, 0.05) is 57.2 Å². The lowest BCUT2D eigenvalue weighted by Crippen LogP contribution is -2.57. The van der Waals surface area contributed by atoms with E-state index in [0.717, 1.165) is 30.8 Å². The molecule has 1 aromatic heterocycles. The quantitative estimate of drug-likeness (QED) is 0.727. The lowest BCUT2D eigenvalue weighted by atomic mass is 9.90. The van der Waals surface area contributed by atoms with Crippen LogP contribution in [0.3, 0.4) is 0 Å². The number of carbonyl (C=O) groups is 1. The van der Waals surface area contributed by atoms with Crippen LogP contribution in [0.4, 0.5) is 0 Å². The Bertz CT molecular complexity index is 822.